The van der Waals surface area contributed by atoms with Crippen LogP contribution in [-0.2, 0) is 11.3 Å². The summed E-state index contributed by atoms with van der Waals surface area (Å²) in [4.78, 5) is 42.9. The maximum Gasteiger partial charge on any atom is 0.338 e. The van der Waals surface area contributed by atoms with Crippen molar-refractivity contribution in [1.29, 1.82) is 0 Å². The monoisotopic (exact) mass is 439 g/mol. The van der Waals surface area contributed by atoms with Gasteiger partial charge in [-0.05, 0) is 36.4 Å². The van der Waals surface area contributed by atoms with Crippen LogP contribution < -0.4 is 4.74 Å². The summed E-state index contributed by atoms with van der Waals surface area (Å²) in [7, 11) is 0. The van der Waals surface area contributed by atoms with Crippen LogP contribution >= 0.6 is 0 Å². The smallest absolute Gasteiger partial charge is 0.338 e. The third-order valence-corrected chi connectivity index (χ3v) is 4.19. The molecular weight excluding hydrogens is 426 g/mol. The van der Waals surface area contributed by atoms with Crippen LogP contribution in [0.1, 0.15) is 15.9 Å². The van der Waals surface area contributed by atoms with Gasteiger partial charge in [0.15, 0.2) is 0 Å². The van der Waals surface area contributed by atoms with E-state index in [0.717, 1.165) is 18.2 Å². The molecule has 0 aromatic heterocycles. The van der Waals surface area contributed by atoms with Crippen LogP contribution in [0.25, 0.3) is 0 Å². The molecule has 0 fully saturated rings. The van der Waals surface area contributed by atoms with Gasteiger partial charge >= 0.3 is 5.97 Å². The minimum atomic E-state index is -0.799. The first-order valence-corrected chi connectivity index (χ1v) is 8.86. The number of hydrogen-bond acceptors (Lipinski definition) is 9. The Morgan fingerprint density at radius 1 is 0.750 bits per heavy atom. The van der Waals surface area contributed by atoms with Crippen molar-refractivity contribution in [1.82, 2.24) is 0 Å². The van der Waals surface area contributed by atoms with Gasteiger partial charge in [0.25, 0.3) is 17.1 Å². The van der Waals surface area contributed by atoms with E-state index < -0.39 is 38.7 Å². The Bertz CT molecular complexity index is 1210. The summed E-state index contributed by atoms with van der Waals surface area (Å²) in [5, 5.41) is 32.7. The lowest BCUT2D eigenvalue weighted by Gasteiger charge is -2.08. The van der Waals surface area contributed by atoms with Crippen molar-refractivity contribution in [2.24, 2.45) is 0 Å². The third kappa shape index (κ3) is 5.18. The molecule has 3 aromatic carbocycles. The normalized spacial score (nSPS) is 10.2. The van der Waals surface area contributed by atoms with Crippen LogP contribution in [0.3, 0.4) is 0 Å². The molecule has 0 spiro atoms. The van der Waals surface area contributed by atoms with E-state index in [9.17, 15) is 35.1 Å². The van der Waals surface area contributed by atoms with Crippen LogP contribution in [0.2, 0.25) is 0 Å². The number of esters is 1. The summed E-state index contributed by atoms with van der Waals surface area (Å²) < 4.78 is 10.7. The summed E-state index contributed by atoms with van der Waals surface area (Å²) in [6, 6.07) is 14.2. The fraction of sp³-hybridized carbons (Fsp3) is 0.0500. The first-order chi connectivity index (χ1) is 15.2. The van der Waals surface area contributed by atoms with Gasteiger partial charge in [-0.2, -0.15) is 0 Å². The number of hydrogen-bond donors (Lipinski definition) is 0. The van der Waals surface area contributed by atoms with Crippen molar-refractivity contribution in [2.75, 3.05) is 0 Å². The number of nitro benzene ring substituents is 3. The van der Waals surface area contributed by atoms with Crippen molar-refractivity contribution >= 4 is 23.0 Å². The van der Waals surface area contributed by atoms with E-state index in [2.05, 4.69) is 0 Å². The molecule has 3 rings (SSSR count). The van der Waals surface area contributed by atoms with Gasteiger partial charge in [-0.25, -0.2) is 4.79 Å². The number of rotatable bonds is 8. The minimum Gasteiger partial charge on any atom is -0.457 e. The van der Waals surface area contributed by atoms with Gasteiger partial charge in [0.1, 0.15) is 18.1 Å². The van der Waals surface area contributed by atoms with Gasteiger partial charge in [0, 0.05) is 18.2 Å². The zero-order valence-electron chi connectivity index (χ0n) is 16.1. The molecule has 0 unspecified atom stereocenters. The molecule has 0 aliphatic carbocycles. The summed E-state index contributed by atoms with van der Waals surface area (Å²) in [6.45, 7) is -0.472. The van der Waals surface area contributed by atoms with Crippen LogP contribution in [0, 0.1) is 30.3 Å². The van der Waals surface area contributed by atoms with Gasteiger partial charge in [0.05, 0.1) is 32.0 Å². The zero-order valence-corrected chi connectivity index (χ0v) is 16.1. The number of carbonyl (C=O) groups is 1. The highest BCUT2D eigenvalue weighted by Crippen LogP contribution is 2.27. The Labute approximate surface area is 179 Å². The van der Waals surface area contributed by atoms with Crippen molar-refractivity contribution in [2.45, 2.75) is 6.61 Å². The SMILES string of the molecule is O=C(OCc1ccc([N+](=O)[O-])cc1[N+](=O)[O-])c1cccc(Oc2ccc([N+](=O)[O-])cc2)c1. The number of benzene rings is 3. The van der Waals surface area contributed by atoms with Crippen LogP contribution in [-0.4, -0.2) is 20.7 Å². The van der Waals surface area contributed by atoms with Crippen LogP contribution in [0.15, 0.2) is 66.7 Å². The first-order valence-electron chi connectivity index (χ1n) is 8.86. The number of carbonyl (C=O) groups excluding carboxylic acids is 1. The van der Waals surface area contributed by atoms with E-state index in [1.807, 2.05) is 0 Å². The largest absolute Gasteiger partial charge is 0.457 e. The molecule has 0 amide bonds. The highest BCUT2D eigenvalue weighted by atomic mass is 16.6. The Morgan fingerprint density at radius 3 is 2.03 bits per heavy atom. The van der Waals surface area contributed by atoms with E-state index in [-0.39, 0.29) is 22.6 Å². The van der Waals surface area contributed by atoms with Gasteiger partial charge in [0.2, 0.25) is 0 Å². The molecule has 162 valence electrons. The fourth-order valence-corrected chi connectivity index (χ4v) is 2.64. The van der Waals surface area contributed by atoms with Gasteiger partial charge in [-0.3, -0.25) is 30.3 Å². The quantitative estimate of drug-likeness (QED) is 0.278. The number of nitro groups is 3. The Morgan fingerprint density at radius 2 is 1.41 bits per heavy atom. The average molecular weight is 439 g/mol. The highest BCUT2D eigenvalue weighted by molar-refractivity contribution is 5.89. The maximum atomic E-state index is 12.4. The summed E-state index contributed by atoms with van der Waals surface area (Å²) in [5.41, 5.74) is -1.01. The lowest BCUT2D eigenvalue weighted by molar-refractivity contribution is -0.394. The molecule has 32 heavy (non-hydrogen) atoms. The summed E-state index contributed by atoms with van der Waals surface area (Å²) >= 11 is 0. The number of ether oxygens (including phenoxy) is 2. The van der Waals surface area contributed by atoms with Gasteiger partial charge in [-0.15, -0.1) is 0 Å². The molecular formula is C20H13N3O9. The number of nitrogens with zero attached hydrogens (tertiary/aromatic N) is 3. The molecule has 0 saturated heterocycles. The second-order valence-electron chi connectivity index (χ2n) is 6.28. The maximum absolute atomic E-state index is 12.4. The fourth-order valence-electron chi connectivity index (χ4n) is 2.64. The molecule has 0 bridgehead atoms. The van der Waals surface area contributed by atoms with Crippen molar-refractivity contribution in [3.63, 3.8) is 0 Å². The summed E-state index contributed by atoms with van der Waals surface area (Å²) in [6.07, 6.45) is 0. The molecule has 0 saturated carbocycles. The molecule has 0 N–H and O–H groups in total. The predicted molar refractivity (Wildman–Crippen MR) is 108 cm³/mol. The van der Waals surface area contributed by atoms with Gasteiger partial charge < -0.3 is 9.47 Å². The van der Waals surface area contributed by atoms with E-state index in [1.54, 1.807) is 6.07 Å². The summed E-state index contributed by atoms with van der Waals surface area (Å²) in [5.74, 6) is -0.232. The second-order valence-corrected chi connectivity index (χ2v) is 6.28. The van der Waals surface area contributed by atoms with Crippen molar-refractivity contribution in [3.8, 4) is 11.5 Å². The first kappa shape index (κ1) is 21.8. The highest BCUT2D eigenvalue weighted by Gasteiger charge is 2.21. The molecule has 12 heteroatoms. The molecule has 0 atom stereocenters. The van der Waals surface area contributed by atoms with E-state index >= 15 is 0 Å². The second kappa shape index (κ2) is 9.30. The zero-order chi connectivity index (χ0) is 23.3. The standard InChI is InChI=1S/C20H13N3O9/c24-20(31-12-14-4-5-16(22(27)28)11-19(14)23(29)30)13-2-1-3-18(10-13)32-17-8-6-15(7-9-17)21(25)26/h1-11H,12H2. The minimum absolute atomic E-state index is 0.00719. The lowest BCUT2D eigenvalue weighted by atomic mass is 10.1. The molecule has 12 nitrogen and oxygen atoms in total. The topological polar surface area (TPSA) is 165 Å². The van der Waals surface area contributed by atoms with Crippen LogP contribution in [0.5, 0.6) is 11.5 Å². The Kier molecular flexibility index (Phi) is 6.34. The average Bonchev–Trinajstić information content (AvgIpc) is 2.77. The molecule has 0 aliphatic rings. The molecule has 0 heterocycles. The molecule has 0 radical (unpaired) electrons. The molecule has 0 aliphatic heterocycles. The number of non-ortho nitro benzene ring substituents is 2. The lowest BCUT2D eigenvalue weighted by Crippen LogP contribution is -2.07. The van der Waals surface area contributed by atoms with Gasteiger partial charge in [-0.1, -0.05) is 6.07 Å². The third-order valence-electron chi connectivity index (χ3n) is 4.19. The van der Waals surface area contributed by atoms with E-state index in [0.29, 0.717) is 5.75 Å². The van der Waals surface area contributed by atoms with Crippen molar-refractivity contribution in [3.05, 3.63) is 108 Å². The van der Waals surface area contributed by atoms with E-state index in [1.165, 1.54) is 42.5 Å². The van der Waals surface area contributed by atoms with Crippen LogP contribution in [0.4, 0.5) is 17.1 Å². The molecule has 3 aromatic rings. The van der Waals surface area contributed by atoms with E-state index in [4.69, 9.17) is 9.47 Å². The Balaban J connectivity index is 1.70. The predicted octanol–water partition coefficient (Wildman–Crippen LogP) is 4.56. The Hall–Kier alpha value is -4.87. The van der Waals surface area contributed by atoms with Crippen molar-refractivity contribution < 1.29 is 29.0 Å².